The molecule has 1 amide bonds. The number of rotatable bonds is 12. The maximum Gasteiger partial charge on any atom is 0.220 e. The van der Waals surface area contributed by atoms with Crippen LogP contribution in [-0.2, 0) is 10.2 Å². The van der Waals surface area contributed by atoms with Crippen molar-refractivity contribution in [2.24, 2.45) is 0 Å². The third-order valence-electron chi connectivity index (χ3n) is 4.87. The Balaban J connectivity index is 1.66. The SMILES string of the molecule is COc1cccc(OC)c1OCC(O)CNC(=O)CCCOc1ccc(C(C)(C)C)cc1. The zero-order valence-corrected chi connectivity index (χ0v) is 19.6. The third kappa shape index (κ3) is 7.96. The molecule has 2 aromatic rings. The van der Waals surface area contributed by atoms with Crippen molar-refractivity contribution in [2.75, 3.05) is 34.0 Å². The Morgan fingerprint density at radius 3 is 2.19 bits per heavy atom. The van der Waals surface area contributed by atoms with E-state index in [0.29, 0.717) is 36.7 Å². The van der Waals surface area contributed by atoms with Gasteiger partial charge in [-0.1, -0.05) is 39.0 Å². The Kier molecular flexibility index (Phi) is 9.65. The molecule has 0 aliphatic rings. The maximum absolute atomic E-state index is 12.0. The van der Waals surface area contributed by atoms with Crippen molar-refractivity contribution in [2.45, 2.75) is 45.1 Å². The van der Waals surface area contributed by atoms with E-state index < -0.39 is 6.10 Å². The number of amides is 1. The summed E-state index contributed by atoms with van der Waals surface area (Å²) in [5, 5.41) is 12.9. The van der Waals surface area contributed by atoms with Crippen molar-refractivity contribution >= 4 is 5.91 Å². The summed E-state index contributed by atoms with van der Waals surface area (Å²) in [6.45, 7) is 7.03. The number of carbonyl (C=O) groups excluding carboxylic acids is 1. The molecule has 0 radical (unpaired) electrons. The lowest BCUT2D eigenvalue weighted by molar-refractivity contribution is -0.121. The van der Waals surface area contributed by atoms with Gasteiger partial charge in [-0.2, -0.15) is 0 Å². The summed E-state index contributed by atoms with van der Waals surface area (Å²) in [7, 11) is 3.06. The summed E-state index contributed by atoms with van der Waals surface area (Å²) in [4.78, 5) is 12.0. The van der Waals surface area contributed by atoms with Crippen molar-refractivity contribution in [3.8, 4) is 23.0 Å². The van der Waals surface area contributed by atoms with Gasteiger partial charge in [0.2, 0.25) is 11.7 Å². The minimum atomic E-state index is -0.869. The number of nitrogens with one attached hydrogen (secondary N) is 1. The highest BCUT2D eigenvalue weighted by Crippen LogP contribution is 2.36. The smallest absolute Gasteiger partial charge is 0.220 e. The first-order valence-corrected chi connectivity index (χ1v) is 10.8. The lowest BCUT2D eigenvalue weighted by atomic mass is 9.87. The van der Waals surface area contributed by atoms with E-state index >= 15 is 0 Å². The fourth-order valence-electron chi connectivity index (χ4n) is 2.99. The fraction of sp³-hybridized carbons (Fsp3) is 0.480. The number of ether oxygens (including phenoxy) is 4. The van der Waals surface area contributed by atoms with E-state index in [9.17, 15) is 9.90 Å². The second-order valence-corrected chi connectivity index (χ2v) is 8.49. The third-order valence-corrected chi connectivity index (χ3v) is 4.87. The van der Waals surface area contributed by atoms with Gasteiger partial charge in [0.1, 0.15) is 18.5 Å². The van der Waals surface area contributed by atoms with Gasteiger partial charge in [0.05, 0.1) is 20.8 Å². The van der Waals surface area contributed by atoms with Crippen LogP contribution in [0.15, 0.2) is 42.5 Å². The van der Waals surface area contributed by atoms with E-state index in [-0.39, 0.29) is 24.5 Å². The van der Waals surface area contributed by atoms with Crippen LogP contribution in [0.2, 0.25) is 0 Å². The first kappa shape index (κ1) is 25.3. The molecule has 2 aromatic carbocycles. The van der Waals surface area contributed by atoms with Crippen molar-refractivity contribution in [1.82, 2.24) is 5.32 Å². The maximum atomic E-state index is 12.0. The monoisotopic (exact) mass is 445 g/mol. The summed E-state index contributed by atoms with van der Waals surface area (Å²) in [5.74, 6) is 2.07. The van der Waals surface area contributed by atoms with E-state index in [4.69, 9.17) is 18.9 Å². The van der Waals surface area contributed by atoms with Crippen LogP contribution in [0, 0.1) is 0 Å². The van der Waals surface area contributed by atoms with Crippen molar-refractivity contribution < 1.29 is 28.8 Å². The molecule has 0 aliphatic heterocycles. The topological polar surface area (TPSA) is 86.3 Å². The minimum Gasteiger partial charge on any atom is -0.494 e. The van der Waals surface area contributed by atoms with Gasteiger partial charge in [-0.3, -0.25) is 4.79 Å². The molecule has 2 rings (SSSR count). The molecule has 176 valence electrons. The van der Waals surface area contributed by atoms with Crippen molar-refractivity contribution in [3.63, 3.8) is 0 Å². The highest BCUT2D eigenvalue weighted by Gasteiger charge is 2.15. The molecular formula is C25H35NO6. The number of aliphatic hydroxyl groups excluding tert-OH is 1. The zero-order valence-electron chi connectivity index (χ0n) is 19.6. The highest BCUT2D eigenvalue weighted by atomic mass is 16.5. The van der Waals surface area contributed by atoms with Gasteiger partial charge in [-0.25, -0.2) is 0 Å². The Bertz CT molecular complexity index is 822. The number of para-hydroxylation sites is 1. The molecule has 0 aliphatic carbocycles. The number of carbonyl (C=O) groups is 1. The quantitative estimate of drug-likeness (QED) is 0.485. The first-order chi connectivity index (χ1) is 15.2. The van der Waals surface area contributed by atoms with Crippen LogP contribution < -0.4 is 24.3 Å². The molecule has 32 heavy (non-hydrogen) atoms. The van der Waals surface area contributed by atoms with Gasteiger partial charge in [-0.15, -0.1) is 0 Å². The van der Waals surface area contributed by atoms with Crippen LogP contribution in [0.4, 0.5) is 0 Å². The lowest BCUT2D eigenvalue weighted by Crippen LogP contribution is -2.35. The van der Waals surface area contributed by atoms with Gasteiger partial charge >= 0.3 is 0 Å². The number of benzene rings is 2. The molecule has 7 heteroatoms. The standard InChI is InChI=1S/C25H35NO6/c1-25(2,3)18-11-13-20(14-12-18)31-15-7-10-23(28)26-16-19(27)17-32-24-21(29-4)8-6-9-22(24)30-5/h6,8-9,11-14,19,27H,7,10,15-17H2,1-5H3,(H,26,28). The largest absolute Gasteiger partial charge is 0.494 e. The van der Waals surface area contributed by atoms with Crippen LogP contribution >= 0.6 is 0 Å². The number of aliphatic hydroxyl groups is 1. The average molecular weight is 446 g/mol. The van der Waals surface area contributed by atoms with E-state index in [1.165, 1.54) is 19.8 Å². The zero-order chi connectivity index (χ0) is 23.6. The molecule has 7 nitrogen and oxygen atoms in total. The molecule has 0 heterocycles. The van der Waals surface area contributed by atoms with E-state index in [0.717, 1.165) is 5.75 Å². The number of hydrogen-bond acceptors (Lipinski definition) is 6. The van der Waals surface area contributed by atoms with E-state index in [2.05, 4.69) is 38.2 Å². The van der Waals surface area contributed by atoms with Crippen LogP contribution in [-0.4, -0.2) is 51.1 Å². The van der Waals surface area contributed by atoms with Gasteiger partial charge in [0.15, 0.2) is 11.5 Å². The molecule has 1 unspecified atom stereocenters. The Morgan fingerprint density at radius 1 is 1.00 bits per heavy atom. The average Bonchev–Trinajstić information content (AvgIpc) is 2.78. The van der Waals surface area contributed by atoms with Crippen LogP contribution in [0.1, 0.15) is 39.2 Å². The van der Waals surface area contributed by atoms with Gasteiger partial charge in [0, 0.05) is 13.0 Å². The van der Waals surface area contributed by atoms with Gasteiger partial charge in [0.25, 0.3) is 0 Å². The Labute approximate surface area is 190 Å². The lowest BCUT2D eigenvalue weighted by Gasteiger charge is -2.19. The number of methoxy groups -OCH3 is 2. The fourth-order valence-corrected chi connectivity index (χ4v) is 2.99. The second-order valence-electron chi connectivity index (χ2n) is 8.49. The van der Waals surface area contributed by atoms with Gasteiger partial charge < -0.3 is 29.4 Å². The minimum absolute atomic E-state index is 0.00924. The molecule has 0 saturated carbocycles. The summed E-state index contributed by atoms with van der Waals surface area (Å²) in [6.07, 6.45) is 0.0254. The molecule has 0 saturated heterocycles. The van der Waals surface area contributed by atoms with E-state index in [1.807, 2.05) is 12.1 Å². The second kappa shape index (κ2) is 12.2. The molecule has 2 N–H and O–H groups in total. The Hall–Kier alpha value is -2.93. The predicted octanol–water partition coefficient (Wildman–Crippen LogP) is 3.72. The molecule has 0 spiro atoms. The van der Waals surface area contributed by atoms with Crippen LogP contribution in [0.25, 0.3) is 0 Å². The summed E-state index contributed by atoms with van der Waals surface area (Å²) < 4.78 is 21.9. The Morgan fingerprint density at radius 2 is 1.62 bits per heavy atom. The molecule has 0 aromatic heterocycles. The molecule has 0 fully saturated rings. The summed E-state index contributed by atoms with van der Waals surface area (Å²) in [6, 6.07) is 13.3. The molecule has 1 atom stereocenters. The van der Waals surface area contributed by atoms with Gasteiger partial charge in [-0.05, 0) is 41.7 Å². The first-order valence-electron chi connectivity index (χ1n) is 10.8. The molecule has 0 bridgehead atoms. The number of hydrogen-bond donors (Lipinski definition) is 2. The summed E-state index contributed by atoms with van der Waals surface area (Å²) in [5.41, 5.74) is 1.35. The molecular weight excluding hydrogens is 410 g/mol. The predicted molar refractivity (Wildman–Crippen MR) is 124 cm³/mol. The summed E-state index contributed by atoms with van der Waals surface area (Å²) >= 11 is 0. The van der Waals surface area contributed by atoms with Crippen molar-refractivity contribution in [1.29, 1.82) is 0 Å². The highest BCUT2D eigenvalue weighted by molar-refractivity contribution is 5.75. The van der Waals surface area contributed by atoms with Crippen molar-refractivity contribution in [3.05, 3.63) is 48.0 Å². The normalized spacial score (nSPS) is 12.1. The van der Waals surface area contributed by atoms with Crippen LogP contribution in [0.3, 0.4) is 0 Å². The van der Waals surface area contributed by atoms with E-state index in [1.54, 1.807) is 18.2 Å². The van der Waals surface area contributed by atoms with Crippen LogP contribution in [0.5, 0.6) is 23.0 Å².